The van der Waals surface area contributed by atoms with Crippen molar-refractivity contribution in [1.82, 2.24) is 35.3 Å². The zero-order valence-electron chi connectivity index (χ0n) is 63.0. The first kappa shape index (κ1) is 87.2. The standard InChI is InChI=1S/C75H98Cl2N11O22P.CH4/c1-45(2)65(83-58(90)15-20-102-22-24-104-26-28-106-30-31-107-29-27-105-25-23-103-21-19-86-59(91)13-14-60(86)92)55(89)32-49(8-7-16-79-71(78)96)68(93)82-52-11-9-48(10-12-52)41-108-72(97)84(5)17-18-85(6)73(98)109-56-33-53-63(61-46(3)37-80-66(56)61)50(35-76)39-87(53)69(94)74-42-75(43-74,44-74)70(95)88-40-51(36-77)64-54(88)34-57(110-111(99,100)101)67-62(64)47(4)38-81-67;/h9-14,33-34,37-38,45,49-51,65,80-81H,7-8,15-32,35-36,39-44H2,1-6H3,(H,82,93)(H,83,90)(H3,78,79,96)(H2,99,100,101);1H4/t49-,50-,51-,65+,74?,75?;/m1./s1. The number of carbonyl (C=O) groups excluding carboxylic acids is 10. The normalized spacial score (nSPS) is 18.5. The Hall–Kier alpha value is -8.73. The van der Waals surface area contributed by atoms with Crippen molar-refractivity contribution in [2.45, 2.75) is 105 Å². The molecule has 3 saturated carbocycles. The number of alkyl halides is 2. The van der Waals surface area contributed by atoms with Gasteiger partial charge in [-0.2, -0.15) is 0 Å². The lowest BCUT2D eigenvalue weighted by Crippen LogP contribution is -2.73. The van der Waals surface area contributed by atoms with Crippen molar-refractivity contribution in [3.8, 4) is 11.5 Å². The van der Waals surface area contributed by atoms with E-state index in [1.165, 1.54) is 42.1 Å². The first-order valence-corrected chi connectivity index (χ1v) is 39.5. The van der Waals surface area contributed by atoms with E-state index in [2.05, 4.69) is 25.9 Å². The van der Waals surface area contributed by atoms with E-state index in [0.717, 1.165) is 32.5 Å². The van der Waals surface area contributed by atoms with Crippen LogP contribution in [0.1, 0.15) is 106 Å². The number of aryl methyl sites for hydroxylation is 2. The molecule has 10 amide bonds. The number of benzene rings is 3. The van der Waals surface area contributed by atoms with Crippen LogP contribution < -0.4 is 40.7 Å². The van der Waals surface area contributed by atoms with Gasteiger partial charge in [0.1, 0.15) is 6.61 Å². The summed E-state index contributed by atoms with van der Waals surface area (Å²) in [5.74, 6) is -3.67. The van der Waals surface area contributed by atoms with Gasteiger partial charge >= 0.3 is 26.0 Å². The second kappa shape index (κ2) is 39.3. The Kier molecular flexibility index (Phi) is 30.6. The Morgan fingerprint density at radius 3 is 1.64 bits per heavy atom. The summed E-state index contributed by atoms with van der Waals surface area (Å²) in [7, 11) is -1.97. The summed E-state index contributed by atoms with van der Waals surface area (Å²) >= 11 is 13.2. The number of aromatic nitrogens is 2. The van der Waals surface area contributed by atoms with E-state index in [1.807, 2.05) is 13.8 Å². The number of likely N-dealkylation sites (N-methyl/N-ethyl adjacent to an activating group) is 2. The maximum absolute atomic E-state index is 15.0. The first-order chi connectivity index (χ1) is 53.1. The largest absolute Gasteiger partial charge is 0.524 e. The van der Waals surface area contributed by atoms with Crippen molar-refractivity contribution in [3.63, 3.8) is 0 Å². The molecule has 6 aliphatic rings. The third kappa shape index (κ3) is 21.2. The van der Waals surface area contributed by atoms with Gasteiger partial charge in [-0.1, -0.05) is 33.4 Å². The number of Topliss-reactive ketones (excluding diaryl/α,β-unsaturated/α-hetero) is 1. The van der Waals surface area contributed by atoms with Gasteiger partial charge in [-0.05, 0) is 91.8 Å². The van der Waals surface area contributed by atoms with Gasteiger partial charge in [-0.25, -0.2) is 18.9 Å². The number of halogens is 2. The predicted octanol–water partition coefficient (Wildman–Crippen LogP) is 7.80. The number of aromatic amines is 2. The minimum absolute atomic E-state index is 0. The Morgan fingerprint density at radius 1 is 0.688 bits per heavy atom. The number of ketones is 1. The van der Waals surface area contributed by atoms with Crippen molar-refractivity contribution in [3.05, 3.63) is 88.8 Å². The summed E-state index contributed by atoms with van der Waals surface area (Å²) in [5, 5.41) is 9.59. The number of hydrogen-bond acceptors (Lipinski definition) is 20. The number of carbonyl (C=O) groups is 10. The Balaban J connectivity index is 0.0000144. The molecule has 3 fully saturated rings. The van der Waals surface area contributed by atoms with Gasteiger partial charge in [-0.3, -0.25) is 48.2 Å². The molecule has 0 spiro atoms. The van der Waals surface area contributed by atoms with E-state index in [1.54, 1.807) is 66.4 Å². The fourth-order valence-electron chi connectivity index (χ4n) is 14.9. The predicted molar refractivity (Wildman–Crippen MR) is 414 cm³/mol. The topological polar surface area (TPSA) is 421 Å². The van der Waals surface area contributed by atoms with Crippen LogP contribution in [0, 0.1) is 36.5 Å². The van der Waals surface area contributed by atoms with Gasteiger partial charge in [0, 0.05) is 142 Å². The fraction of sp³-hybridized carbons (Fsp3) is 0.553. The number of phosphoric acid groups is 1. The van der Waals surface area contributed by atoms with Crippen molar-refractivity contribution in [2.24, 2.45) is 28.4 Å². The summed E-state index contributed by atoms with van der Waals surface area (Å²) in [5.41, 5.74) is 9.65. The van der Waals surface area contributed by atoms with Crippen LogP contribution in [0.15, 0.2) is 60.9 Å². The number of nitrogens with one attached hydrogen (secondary N) is 5. The summed E-state index contributed by atoms with van der Waals surface area (Å²) in [6.45, 7) is 11.6. The summed E-state index contributed by atoms with van der Waals surface area (Å²) in [6.07, 6.45) is 5.59. The number of nitrogens with two attached hydrogens (primary N) is 1. The van der Waals surface area contributed by atoms with Gasteiger partial charge in [0.25, 0.3) is 11.8 Å². The number of primary amides is 1. The van der Waals surface area contributed by atoms with Crippen LogP contribution in [0.25, 0.3) is 21.8 Å². The molecular weight excluding hydrogens is 1520 g/mol. The number of phosphoric ester groups is 1. The van der Waals surface area contributed by atoms with Gasteiger partial charge < -0.3 is 93.7 Å². The molecule has 612 valence electrons. The summed E-state index contributed by atoms with van der Waals surface area (Å²) in [4.78, 5) is 165. The first-order valence-electron chi connectivity index (χ1n) is 36.9. The minimum Gasteiger partial charge on any atom is -0.445 e. The Labute approximate surface area is 658 Å². The molecule has 2 bridgehead atoms. The van der Waals surface area contributed by atoms with Crippen molar-refractivity contribution < 1.29 is 105 Å². The van der Waals surface area contributed by atoms with Crippen LogP contribution in [0.5, 0.6) is 11.5 Å². The summed E-state index contributed by atoms with van der Waals surface area (Å²) < 4.78 is 61.9. The van der Waals surface area contributed by atoms with Crippen LogP contribution >= 0.6 is 31.0 Å². The molecule has 2 aromatic heterocycles. The molecule has 33 nitrogen and oxygen atoms in total. The highest BCUT2D eigenvalue weighted by atomic mass is 35.5. The highest BCUT2D eigenvalue weighted by molar-refractivity contribution is 7.46. The highest BCUT2D eigenvalue weighted by Gasteiger charge is 2.76. The molecule has 0 radical (unpaired) electrons. The second-order valence-corrected chi connectivity index (χ2v) is 30.7. The van der Waals surface area contributed by atoms with Crippen LogP contribution in [0.4, 0.5) is 31.4 Å². The third-order valence-corrected chi connectivity index (χ3v) is 21.7. The number of hydrogen-bond donors (Lipinski definition) is 8. The molecule has 5 aromatic rings. The fourth-order valence-corrected chi connectivity index (χ4v) is 15.8. The van der Waals surface area contributed by atoms with E-state index in [-0.39, 0.29) is 189 Å². The average molecular weight is 1620 g/mol. The molecule has 3 aliphatic heterocycles. The monoisotopic (exact) mass is 1620 g/mol. The Morgan fingerprint density at radius 2 is 1.16 bits per heavy atom. The average Bonchev–Trinajstić information content (AvgIpc) is 0.895. The summed E-state index contributed by atoms with van der Waals surface area (Å²) in [6, 6.07) is 8.02. The van der Waals surface area contributed by atoms with Crippen LogP contribution in [-0.4, -0.2) is 244 Å². The smallest absolute Gasteiger partial charge is 0.445 e. The highest BCUT2D eigenvalue weighted by Crippen LogP contribution is 2.75. The second-order valence-electron chi connectivity index (χ2n) is 28.9. The van der Waals surface area contributed by atoms with E-state index in [0.29, 0.717) is 98.3 Å². The van der Waals surface area contributed by atoms with Crippen molar-refractivity contribution in [2.75, 3.05) is 160 Å². The maximum Gasteiger partial charge on any atom is 0.524 e. The molecule has 36 heteroatoms. The van der Waals surface area contributed by atoms with Crippen molar-refractivity contribution in [1.29, 1.82) is 0 Å². The lowest BCUT2D eigenvalue weighted by molar-refractivity contribution is -0.205. The number of urea groups is 1. The van der Waals surface area contributed by atoms with E-state index in [4.69, 9.17) is 71.4 Å². The number of nitrogens with zero attached hydrogens (tertiary/aromatic N) is 5. The number of ether oxygens (including phenoxy) is 8. The number of rotatable bonds is 44. The van der Waals surface area contributed by atoms with Crippen LogP contribution in [0.2, 0.25) is 0 Å². The quantitative estimate of drug-likeness (QED) is 0.00797. The maximum atomic E-state index is 15.0. The van der Waals surface area contributed by atoms with E-state index >= 15 is 0 Å². The number of fused-ring (bicyclic) bond motifs is 6. The van der Waals surface area contributed by atoms with Gasteiger partial charge in [0.15, 0.2) is 17.3 Å². The number of imide groups is 1. The number of amides is 10. The molecule has 3 aliphatic carbocycles. The lowest BCUT2D eigenvalue weighted by atomic mass is 9.34. The zero-order chi connectivity index (χ0) is 79.9. The van der Waals surface area contributed by atoms with E-state index in [9.17, 15) is 62.3 Å². The molecule has 0 saturated heterocycles. The minimum atomic E-state index is -5.00. The lowest BCUT2D eigenvalue weighted by Gasteiger charge is -2.69. The molecule has 4 atom stereocenters. The molecule has 0 unspecified atom stereocenters. The third-order valence-electron chi connectivity index (χ3n) is 20.5. The molecule has 3 aromatic carbocycles. The van der Waals surface area contributed by atoms with Crippen LogP contribution in [0.3, 0.4) is 0 Å². The van der Waals surface area contributed by atoms with Gasteiger partial charge in [-0.15, -0.1) is 23.2 Å². The molecule has 11 rings (SSSR count). The van der Waals surface area contributed by atoms with Gasteiger partial charge in [0.05, 0.1) is 125 Å². The SMILES string of the molecule is C.Cc1c[nH]c2c(OC(=O)N(C)CCN(C)C(=O)OCc3ccc(NC(=O)[C@H](CCCNC(N)=O)CC(=O)[C@@H](NC(=O)CCOCCOCCOCCOCCOCCOCCN4C(=O)C=CC4=O)C(C)C)cc3)cc3c(c12)[C@H](CCl)CN3C(=O)C12CC(C(=O)N3C[C@@H](CCl)c4c3cc(OP(=O)(O)O)c3[nH]cc(C)c43)(C1)C2. The number of H-pyrrole nitrogens is 2. The molecule has 112 heavy (non-hydrogen) atoms. The van der Waals surface area contributed by atoms with Crippen molar-refractivity contribution >= 4 is 129 Å². The van der Waals surface area contributed by atoms with Gasteiger partial charge in [0.2, 0.25) is 23.6 Å². The molecule has 9 N–H and O–H groups in total. The molecule has 5 heterocycles. The molecular formula is C76H102Cl2N11O22P. The zero-order valence-corrected chi connectivity index (χ0v) is 65.4. The Bertz CT molecular complexity index is 4280. The van der Waals surface area contributed by atoms with Crippen LogP contribution in [-0.2, 0) is 77.9 Å². The van der Waals surface area contributed by atoms with E-state index < -0.39 is 60.6 Å². The number of anilines is 3.